The molecule has 0 amide bonds. The van der Waals surface area contributed by atoms with Crippen LogP contribution in [0.3, 0.4) is 0 Å². The molecule has 2 nitrogen and oxygen atoms in total. The molecule has 19 heavy (non-hydrogen) atoms. The van der Waals surface area contributed by atoms with Crippen LogP contribution < -0.4 is 5.32 Å². The Balaban J connectivity index is 1.73. The first-order valence-corrected chi connectivity index (χ1v) is 7.35. The second kappa shape index (κ2) is 7.46. The maximum atomic E-state index is 5.50. The van der Waals surface area contributed by atoms with Gasteiger partial charge in [0.25, 0.3) is 0 Å². The van der Waals surface area contributed by atoms with E-state index in [1.54, 1.807) is 11.1 Å². The van der Waals surface area contributed by atoms with E-state index in [9.17, 15) is 0 Å². The molecule has 0 saturated heterocycles. The summed E-state index contributed by atoms with van der Waals surface area (Å²) in [6.45, 7) is 8.34. The van der Waals surface area contributed by atoms with Gasteiger partial charge in [-0.3, -0.25) is 0 Å². The van der Waals surface area contributed by atoms with Crippen molar-refractivity contribution in [2.75, 3.05) is 19.8 Å². The summed E-state index contributed by atoms with van der Waals surface area (Å²) in [5.74, 6) is 0. The second-order valence-corrected chi connectivity index (χ2v) is 5.25. The molecule has 0 heterocycles. The fourth-order valence-electron chi connectivity index (χ4n) is 2.60. The Bertz CT molecular complexity index is 414. The Hall–Kier alpha value is -1.12. The summed E-state index contributed by atoms with van der Waals surface area (Å²) in [6, 6.07) is 7.34. The van der Waals surface area contributed by atoms with Crippen LogP contribution in [-0.2, 0) is 17.6 Å². The van der Waals surface area contributed by atoms with Gasteiger partial charge in [-0.2, -0.15) is 0 Å². The molecule has 1 N–H and O–H groups in total. The fraction of sp³-hybridized carbons (Fsp3) is 0.529. The van der Waals surface area contributed by atoms with Gasteiger partial charge in [0.2, 0.25) is 0 Å². The highest BCUT2D eigenvalue weighted by atomic mass is 16.5. The average Bonchev–Trinajstić information content (AvgIpc) is 2.89. The van der Waals surface area contributed by atoms with Crippen LogP contribution in [0.15, 0.2) is 30.9 Å². The van der Waals surface area contributed by atoms with E-state index in [1.807, 2.05) is 6.08 Å². The summed E-state index contributed by atoms with van der Waals surface area (Å²) in [5, 5.41) is 3.52. The standard InChI is InChI=1S/C17H25NO/c1-3-4-11-19-12-10-18-14(2)16-9-8-15-6-5-7-17(15)13-16/h3,8-9,13-14,18H,1,4-7,10-12H2,2H3. The molecular formula is C17H25NO. The summed E-state index contributed by atoms with van der Waals surface area (Å²) < 4.78 is 5.50. The molecular weight excluding hydrogens is 234 g/mol. The van der Waals surface area contributed by atoms with Crippen LogP contribution in [0.4, 0.5) is 0 Å². The number of hydrogen-bond donors (Lipinski definition) is 1. The minimum atomic E-state index is 0.397. The number of ether oxygens (including phenoxy) is 1. The van der Waals surface area contributed by atoms with E-state index in [2.05, 4.69) is 37.0 Å². The summed E-state index contributed by atoms with van der Waals surface area (Å²) in [4.78, 5) is 0. The number of aryl methyl sites for hydroxylation is 2. The van der Waals surface area contributed by atoms with Crippen LogP contribution in [0.5, 0.6) is 0 Å². The second-order valence-electron chi connectivity index (χ2n) is 5.25. The third kappa shape index (κ3) is 4.19. The zero-order chi connectivity index (χ0) is 13.5. The molecule has 1 aromatic carbocycles. The van der Waals surface area contributed by atoms with Crippen molar-refractivity contribution in [1.29, 1.82) is 0 Å². The van der Waals surface area contributed by atoms with Crippen LogP contribution in [0.2, 0.25) is 0 Å². The lowest BCUT2D eigenvalue weighted by Crippen LogP contribution is -2.23. The van der Waals surface area contributed by atoms with Crippen LogP contribution in [-0.4, -0.2) is 19.8 Å². The van der Waals surface area contributed by atoms with Crippen molar-refractivity contribution in [3.8, 4) is 0 Å². The van der Waals surface area contributed by atoms with Gasteiger partial charge in [0.15, 0.2) is 0 Å². The number of rotatable bonds is 8. The third-order valence-corrected chi connectivity index (χ3v) is 3.79. The smallest absolute Gasteiger partial charge is 0.0591 e. The number of fused-ring (bicyclic) bond motifs is 1. The third-order valence-electron chi connectivity index (χ3n) is 3.79. The molecule has 2 heteroatoms. The maximum absolute atomic E-state index is 5.50. The number of benzene rings is 1. The number of nitrogens with one attached hydrogen (secondary N) is 1. The Morgan fingerprint density at radius 1 is 1.32 bits per heavy atom. The Morgan fingerprint density at radius 3 is 3.00 bits per heavy atom. The quantitative estimate of drug-likeness (QED) is 0.570. The zero-order valence-corrected chi connectivity index (χ0v) is 12.0. The van der Waals surface area contributed by atoms with Gasteiger partial charge in [-0.25, -0.2) is 0 Å². The van der Waals surface area contributed by atoms with E-state index in [4.69, 9.17) is 4.74 Å². The predicted octanol–water partition coefficient (Wildman–Crippen LogP) is 3.42. The van der Waals surface area contributed by atoms with Crippen molar-refractivity contribution in [3.05, 3.63) is 47.5 Å². The topological polar surface area (TPSA) is 21.3 Å². The molecule has 1 aromatic rings. The van der Waals surface area contributed by atoms with Crippen molar-refractivity contribution in [2.24, 2.45) is 0 Å². The van der Waals surface area contributed by atoms with Gasteiger partial charge in [0.05, 0.1) is 13.2 Å². The van der Waals surface area contributed by atoms with Gasteiger partial charge in [0.1, 0.15) is 0 Å². The molecule has 0 fully saturated rings. The van der Waals surface area contributed by atoms with Gasteiger partial charge in [-0.15, -0.1) is 6.58 Å². The van der Waals surface area contributed by atoms with Crippen LogP contribution >= 0.6 is 0 Å². The van der Waals surface area contributed by atoms with Crippen molar-refractivity contribution in [1.82, 2.24) is 5.32 Å². The van der Waals surface area contributed by atoms with Crippen LogP contribution in [0.1, 0.15) is 42.5 Å². The SMILES string of the molecule is C=CCCOCCNC(C)c1ccc2c(c1)CCC2. The highest BCUT2D eigenvalue weighted by Crippen LogP contribution is 2.25. The average molecular weight is 259 g/mol. The minimum absolute atomic E-state index is 0.397. The van der Waals surface area contributed by atoms with E-state index in [-0.39, 0.29) is 0 Å². The molecule has 0 radical (unpaired) electrons. The van der Waals surface area contributed by atoms with Gasteiger partial charge < -0.3 is 10.1 Å². The van der Waals surface area contributed by atoms with E-state index < -0.39 is 0 Å². The molecule has 0 bridgehead atoms. The van der Waals surface area contributed by atoms with Gasteiger partial charge in [0, 0.05) is 12.6 Å². The zero-order valence-electron chi connectivity index (χ0n) is 12.0. The molecule has 0 aromatic heterocycles. The van der Waals surface area contributed by atoms with Crippen molar-refractivity contribution in [2.45, 2.75) is 38.6 Å². The lowest BCUT2D eigenvalue weighted by atomic mass is 10.0. The highest BCUT2D eigenvalue weighted by molar-refractivity contribution is 5.36. The number of hydrogen-bond acceptors (Lipinski definition) is 2. The molecule has 0 aliphatic heterocycles. The van der Waals surface area contributed by atoms with E-state index in [1.165, 1.54) is 24.8 Å². The van der Waals surface area contributed by atoms with Gasteiger partial charge in [-0.05, 0) is 49.3 Å². The Kier molecular flexibility index (Phi) is 5.62. The predicted molar refractivity (Wildman–Crippen MR) is 80.5 cm³/mol. The summed E-state index contributed by atoms with van der Waals surface area (Å²) in [5.41, 5.74) is 4.49. The maximum Gasteiger partial charge on any atom is 0.0591 e. The highest BCUT2D eigenvalue weighted by Gasteiger charge is 2.12. The molecule has 104 valence electrons. The summed E-state index contributed by atoms with van der Waals surface area (Å²) >= 11 is 0. The largest absolute Gasteiger partial charge is 0.380 e. The summed E-state index contributed by atoms with van der Waals surface area (Å²) in [6.07, 6.45) is 6.65. The van der Waals surface area contributed by atoms with Crippen molar-refractivity contribution in [3.63, 3.8) is 0 Å². The first-order chi connectivity index (χ1) is 9.31. The van der Waals surface area contributed by atoms with Crippen molar-refractivity contribution >= 4 is 0 Å². The molecule has 2 rings (SSSR count). The van der Waals surface area contributed by atoms with E-state index in [0.29, 0.717) is 6.04 Å². The molecule has 0 spiro atoms. The van der Waals surface area contributed by atoms with E-state index in [0.717, 1.165) is 26.2 Å². The first-order valence-electron chi connectivity index (χ1n) is 7.35. The van der Waals surface area contributed by atoms with Crippen LogP contribution in [0, 0.1) is 0 Å². The Morgan fingerprint density at radius 2 is 2.16 bits per heavy atom. The van der Waals surface area contributed by atoms with Gasteiger partial charge >= 0.3 is 0 Å². The summed E-state index contributed by atoms with van der Waals surface area (Å²) in [7, 11) is 0. The monoisotopic (exact) mass is 259 g/mol. The molecule has 0 saturated carbocycles. The lowest BCUT2D eigenvalue weighted by Gasteiger charge is -2.15. The molecule has 1 aliphatic rings. The molecule has 1 unspecified atom stereocenters. The van der Waals surface area contributed by atoms with Crippen molar-refractivity contribution < 1.29 is 4.74 Å². The van der Waals surface area contributed by atoms with Gasteiger partial charge in [-0.1, -0.05) is 24.3 Å². The Labute approximate surface area is 116 Å². The van der Waals surface area contributed by atoms with Crippen LogP contribution in [0.25, 0.3) is 0 Å². The van der Waals surface area contributed by atoms with E-state index >= 15 is 0 Å². The fourth-order valence-corrected chi connectivity index (χ4v) is 2.60. The lowest BCUT2D eigenvalue weighted by molar-refractivity contribution is 0.138. The minimum Gasteiger partial charge on any atom is -0.380 e. The first kappa shape index (κ1) is 14.3. The molecule has 1 atom stereocenters. The molecule has 1 aliphatic carbocycles. The normalized spacial score (nSPS) is 15.2.